The first-order valence-corrected chi connectivity index (χ1v) is 8.17. The molecule has 2 heterocycles. The number of aromatic nitrogens is 2. The Morgan fingerprint density at radius 2 is 1.95 bits per heavy atom. The summed E-state index contributed by atoms with van der Waals surface area (Å²) in [6.07, 6.45) is 0. The summed E-state index contributed by atoms with van der Waals surface area (Å²) in [6.45, 7) is 7.22. The number of hydrogen-bond donors (Lipinski definition) is 0. The molecule has 0 aliphatic carbocycles. The molecule has 0 spiro atoms. The molecule has 0 bridgehead atoms. The maximum Gasteiger partial charge on any atom is 0.264 e. The highest BCUT2D eigenvalue weighted by molar-refractivity contribution is 7.20. The van der Waals surface area contributed by atoms with Crippen molar-refractivity contribution in [1.29, 1.82) is 0 Å². The summed E-state index contributed by atoms with van der Waals surface area (Å²) < 4.78 is 1.78. The standard InChI is InChI=1S/C15H22N4O2S/c1-6-19(7-2)13(20)9-17(4)14(21)12-8-11-10(3)16-18(5)15(11)22-12/h8H,6-7,9H2,1-5H3. The van der Waals surface area contributed by atoms with Crippen LogP contribution in [0.2, 0.25) is 0 Å². The first-order chi connectivity index (χ1) is 10.4. The fraction of sp³-hybridized carbons (Fsp3) is 0.533. The van der Waals surface area contributed by atoms with Gasteiger partial charge in [-0.1, -0.05) is 0 Å². The Morgan fingerprint density at radius 1 is 1.32 bits per heavy atom. The van der Waals surface area contributed by atoms with Gasteiger partial charge in [0.2, 0.25) is 5.91 Å². The molecule has 0 N–H and O–H groups in total. The number of hydrogen-bond acceptors (Lipinski definition) is 4. The number of aryl methyl sites for hydroxylation is 2. The minimum atomic E-state index is -0.124. The van der Waals surface area contributed by atoms with Gasteiger partial charge in [0.05, 0.1) is 17.1 Å². The van der Waals surface area contributed by atoms with Gasteiger partial charge in [-0.2, -0.15) is 5.10 Å². The zero-order chi connectivity index (χ0) is 16.4. The Balaban J connectivity index is 2.15. The fourth-order valence-electron chi connectivity index (χ4n) is 2.45. The highest BCUT2D eigenvalue weighted by Gasteiger charge is 2.21. The number of carbonyl (C=O) groups excluding carboxylic acids is 2. The summed E-state index contributed by atoms with van der Waals surface area (Å²) in [5.41, 5.74) is 0.912. The third-order valence-corrected chi connectivity index (χ3v) is 4.93. The predicted octanol–water partition coefficient (Wildman–Crippen LogP) is 1.88. The Bertz CT molecular complexity index is 665. The SMILES string of the molecule is CCN(CC)C(=O)CN(C)C(=O)c1cc2c(C)nn(C)c2s1. The molecule has 0 fully saturated rings. The minimum Gasteiger partial charge on any atom is -0.342 e. The van der Waals surface area contributed by atoms with Crippen LogP contribution in [0.25, 0.3) is 10.2 Å². The van der Waals surface area contributed by atoms with E-state index in [1.54, 1.807) is 16.6 Å². The van der Waals surface area contributed by atoms with Gasteiger partial charge in [-0.25, -0.2) is 0 Å². The average molecular weight is 322 g/mol. The van der Waals surface area contributed by atoms with Crippen molar-refractivity contribution in [3.8, 4) is 0 Å². The van der Waals surface area contributed by atoms with Gasteiger partial charge in [0.25, 0.3) is 5.91 Å². The predicted molar refractivity (Wildman–Crippen MR) is 88.2 cm³/mol. The smallest absolute Gasteiger partial charge is 0.264 e. The minimum absolute atomic E-state index is 0.0280. The number of thiophene rings is 1. The number of amides is 2. The molecule has 6 nitrogen and oxygen atoms in total. The van der Waals surface area contributed by atoms with Crippen molar-refractivity contribution in [3.63, 3.8) is 0 Å². The molecule has 2 aromatic heterocycles. The largest absolute Gasteiger partial charge is 0.342 e. The second-order valence-corrected chi connectivity index (χ2v) is 6.30. The molecule has 2 aromatic rings. The topological polar surface area (TPSA) is 58.4 Å². The quantitative estimate of drug-likeness (QED) is 0.844. The van der Waals surface area contributed by atoms with Crippen molar-refractivity contribution in [3.05, 3.63) is 16.6 Å². The van der Waals surface area contributed by atoms with E-state index in [9.17, 15) is 9.59 Å². The van der Waals surface area contributed by atoms with Crippen LogP contribution < -0.4 is 0 Å². The third-order valence-electron chi connectivity index (χ3n) is 3.74. The summed E-state index contributed by atoms with van der Waals surface area (Å²) in [4.78, 5) is 29.4. The Labute approximate surface area is 134 Å². The molecule has 0 aliphatic rings. The molecule has 7 heteroatoms. The lowest BCUT2D eigenvalue weighted by Gasteiger charge is -2.22. The Kier molecular flexibility index (Phi) is 4.85. The lowest BCUT2D eigenvalue weighted by molar-refractivity contribution is -0.131. The molecule has 22 heavy (non-hydrogen) atoms. The van der Waals surface area contributed by atoms with Crippen LogP contribution in [0.5, 0.6) is 0 Å². The number of likely N-dealkylation sites (N-methyl/N-ethyl adjacent to an activating group) is 2. The fourth-order valence-corrected chi connectivity index (χ4v) is 3.57. The zero-order valence-electron chi connectivity index (χ0n) is 13.7. The van der Waals surface area contributed by atoms with Crippen molar-refractivity contribution >= 4 is 33.4 Å². The summed E-state index contributed by atoms with van der Waals surface area (Å²) in [5.74, 6) is -0.152. The van der Waals surface area contributed by atoms with E-state index >= 15 is 0 Å². The van der Waals surface area contributed by atoms with Crippen LogP contribution in [0.4, 0.5) is 0 Å². The van der Waals surface area contributed by atoms with E-state index < -0.39 is 0 Å². The van der Waals surface area contributed by atoms with E-state index in [0.717, 1.165) is 15.9 Å². The number of nitrogens with zero attached hydrogens (tertiary/aromatic N) is 4. The van der Waals surface area contributed by atoms with E-state index in [1.807, 2.05) is 33.9 Å². The van der Waals surface area contributed by atoms with E-state index in [4.69, 9.17) is 0 Å². The van der Waals surface area contributed by atoms with Crippen LogP contribution in [0.15, 0.2) is 6.07 Å². The van der Waals surface area contributed by atoms with Crippen molar-refractivity contribution in [2.45, 2.75) is 20.8 Å². The third kappa shape index (κ3) is 2.99. The van der Waals surface area contributed by atoms with Crippen LogP contribution in [0.3, 0.4) is 0 Å². The van der Waals surface area contributed by atoms with Crippen LogP contribution in [0.1, 0.15) is 29.2 Å². The van der Waals surface area contributed by atoms with E-state index in [-0.39, 0.29) is 18.4 Å². The van der Waals surface area contributed by atoms with Crippen LogP contribution in [0, 0.1) is 6.92 Å². The Morgan fingerprint density at radius 3 is 2.50 bits per heavy atom. The molecule has 0 saturated carbocycles. The zero-order valence-corrected chi connectivity index (χ0v) is 14.5. The lowest BCUT2D eigenvalue weighted by atomic mass is 10.3. The maximum absolute atomic E-state index is 12.5. The van der Waals surface area contributed by atoms with Crippen LogP contribution in [-0.2, 0) is 11.8 Å². The van der Waals surface area contributed by atoms with E-state index in [1.165, 1.54) is 16.2 Å². The monoisotopic (exact) mass is 322 g/mol. The van der Waals surface area contributed by atoms with Crippen molar-refractivity contribution in [1.82, 2.24) is 19.6 Å². The molecular weight excluding hydrogens is 300 g/mol. The van der Waals surface area contributed by atoms with Crippen LogP contribution in [-0.4, -0.2) is 58.1 Å². The first-order valence-electron chi connectivity index (χ1n) is 7.35. The molecule has 0 radical (unpaired) electrons. The van der Waals surface area contributed by atoms with Crippen molar-refractivity contribution in [2.24, 2.45) is 7.05 Å². The molecule has 2 rings (SSSR count). The summed E-state index contributed by atoms with van der Waals surface area (Å²) in [5, 5.41) is 5.33. The summed E-state index contributed by atoms with van der Waals surface area (Å²) in [6, 6.07) is 1.86. The van der Waals surface area contributed by atoms with Gasteiger partial charge in [-0.05, 0) is 26.8 Å². The second kappa shape index (κ2) is 6.48. The molecule has 2 amide bonds. The number of carbonyl (C=O) groups is 2. The number of fused-ring (bicyclic) bond motifs is 1. The van der Waals surface area contributed by atoms with Gasteiger partial charge in [-0.15, -0.1) is 11.3 Å². The Hall–Kier alpha value is -1.89. The molecule has 0 aliphatic heterocycles. The second-order valence-electron chi connectivity index (χ2n) is 5.27. The van der Waals surface area contributed by atoms with Crippen LogP contribution >= 0.6 is 11.3 Å². The van der Waals surface area contributed by atoms with Gasteiger partial charge in [0, 0.05) is 32.6 Å². The molecule has 0 atom stereocenters. The average Bonchev–Trinajstić information content (AvgIpc) is 3.02. The van der Waals surface area contributed by atoms with Gasteiger partial charge < -0.3 is 9.80 Å². The molecule has 120 valence electrons. The first kappa shape index (κ1) is 16.5. The number of rotatable bonds is 5. The summed E-state index contributed by atoms with van der Waals surface area (Å²) >= 11 is 1.41. The lowest BCUT2D eigenvalue weighted by Crippen LogP contribution is -2.40. The van der Waals surface area contributed by atoms with Crippen molar-refractivity contribution in [2.75, 3.05) is 26.7 Å². The van der Waals surface area contributed by atoms with Gasteiger partial charge in [0.15, 0.2) is 0 Å². The highest BCUT2D eigenvalue weighted by atomic mass is 32.1. The van der Waals surface area contributed by atoms with Gasteiger partial charge >= 0.3 is 0 Å². The normalized spacial score (nSPS) is 11.0. The van der Waals surface area contributed by atoms with Gasteiger partial charge in [-0.3, -0.25) is 14.3 Å². The molecule has 0 unspecified atom stereocenters. The van der Waals surface area contributed by atoms with E-state index in [0.29, 0.717) is 18.0 Å². The van der Waals surface area contributed by atoms with Crippen molar-refractivity contribution < 1.29 is 9.59 Å². The molecular formula is C15H22N4O2S. The highest BCUT2D eigenvalue weighted by Crippen LogP contribution is 2.28. The molecule has 0 saturated heterocycles. The molecule has 0 aromatic carbocycles. The summed E-state index contributed by atoms with van der Waals surface area (Å²) in [7, 11) is 3.53. The van der Waals surface area contributed by atoms with Gasteiger partial charge in [0.1, 0.15) is 4.83 Å². The maximum atomic E-state index is 12.5. The van der Waals surface area contributed by atoms with E-state index in [2.05, 4.69) is 5.10 Å².